The Hall–Kier alpha value is -2.23. The number of allylic oxidation sites excluding steroid dienone is 3. The fourth-order valence-electron chi connectivity index (χ4n) is 3.39. The number of rotatable bonds is 5. The highest BCUT2D eigenvalue weighted by Gasteiger charge is 2.27. The van der Waals surface area contributed by atoms with E-state index in [1.54, 1.807) is 0 Å². The highest BCUT2D eigenvalue weighted by molar-refractivity contribution is 6.56. The van der Waals surface area contributed by atoms with Crippen LogP contribution in [0, 0.1) is 0 Å². The molecule has 3 rings (SSSR count). The van der Waals surface area contributed by atoms with E-state index in [1.165, 1.54) is 22.4 Å². The molecule has 1 heterocycles. The molecule has 1 aliphatic heterocycles. The summed E-state index contributed by atoms with van der Waals surface area (Å²) in [5.74, 6) is 0. The van der Waals surface area contributed by atoms with Gasteiger partial charge in [0.2, 0.25) is 0 Å². The SMILES string of the molecule is C=C1C(/C(N=CCl)=C(\C)C=[N-])=CC2=C1CN(Cc1ccccc1)CC2. The van der Waals surface area contributed by atoms with Gasteiger partial charge in [0.25, 0.3) is 0 Å². The van der Waals surface area contributed by atoms with E-state index in [2.05, 4.69) is 46.8 Å². The molecule has 0 radical (unpaired) electrons. The Morgan fingerprint density at radius 3 is 2.80 bits per heavy atom. The zero-order chi connectivity index (χ0) is 17.8. The van der Waals surface area contributed by atoms with E-state index in [9.17, 15) is 5.41 Å². The van der Waals surface area contributed by atoms with Gasteiger partial charge < -0.3 is 5.41 Å². The van der Waals surface area contributed by atoms with Crippen molar-refractivity contribution in [3.63, 3.8) is 0 Å². The van der Waals surface area contributed by atoms with E-state index < -0.39 is 0 Å². The number of nitrogens with zero attached hydrogens (tertiary/aromatic N) is 3. The highest BCUT2D eigenvalue weighted by Crippen LogP contribution is 2.39. The van der Waals surface area contributed by atoms with Gasteiger partial charge in [-0.25, -0.2) is 4.99 Å². The molecule has 0 unspecified atom stereocenters. The summed E-state index contributed by atoms with van der Waals surface area (Å²) in [6.45, 7) is 8.93. The molecule has 3 nitrogen and oxygen atoms in total. The summed E-state index contributed by atoms with van der Waals surface area (Å²) >= 11 is 5.69. The molecule has 0 saturated heterocycles. The molecule has 128 valence electrons. The third kappa shape index (κ3) is 3.73. The summed E-state index contributed by atoms with van der Waals surface area (Å²) in [5, 5.41) is 9.36. The lowest BCUT2D eigenvalue weighted by molar-refractivity contribution is 0.281. The Morgan fingerprint density at radius 2 is 2.12 bits per heavy atom. The van der Waals surface area contributed by atoms with Crippen LogP contribution in [0.15, 0.2) is 81.5 Å². The molecular formula is C21H21ClN3-. The Kier molecular flexibility index (Phi) is 5.47. The maximum atomic E-state index is 9.36. The van der Waals surface area contributed by atoms with Crippen LogP contribution in [0.3, 0.4) is 0 Å². The van der Waals surface area contributed by atoms with Gasteiger partial charge in [0.05, 0.1) is 11.4 Å². The van der Waals surface area contributed by atoms with Crippen molar-refractivity contribution < 1.29 is 0 Å². The van der Waals surface area contributed by atoms with Crippen molar-refractivity contribution in [1.82, 2.24) is 4.90 Å². The van der Waals surface area contributed by atoms with Crippen molar-refractivity contribution in [1.29, 1.82) is 0 Å². The van der Waals surface area contributed by atoms with E-state index >= 15 is 0 Å². The van der Waals surface area contributed by atoms with E-state index in [0.717, 1.165) is 43.4 Å². The monoisotopic (exact) mass is 350 g/mol. The van der Waals surface area contributed by atoms with E-state index in [0.29, 0.717) is 11.3 Å². The molecule has 0 atom stereocenters. The van der Waals surface area contributed by atoms with Gasteiger partial charge in [-0.3, -0.25) is 4.90 Å². The zero-order valence-electron chi connectivity index (χ0n) is 14.4. The van der Waals surface area contributed by atoms with E-state index in [4.69, 9.17) is 11.6 Å². The molecule has 0 spiro atoms. The van der Waals surface area contributed by atoms with Gasteiger partial charge in [-0.2, -0.15) is 6.21 Å². The van der Waals surface area contributed by atoms with Crippen LogP contribution in [0.4, 0.5) is 0 Å². The van der Waals surface area contributed by atoms with Gasteiger partial charge in [-0.15, -0.1) is 0 Å². The average molecular weight is 351 g/mol. The van der Waals surface area contributed by atoms with Gasteiger partial charge >= 0.3 is 0 Å². The average Bonchev–Trinajstić information content (AvgIpc) is 2.96. The van der Waals surface area contributed by atoms with Crippen molar-refractivity contribution >= 4 is 23.5 Å². The molecule has 0 saturated carbocycles. The number of hydrogen-bond acceptors (Lipinski definition) is 2. The van der Waals surface area contributed by atoms with Crippen molar-refractivity contribution in [3.8, 4) is 0 Å². The summed E-state index contributed by atoms with van der Waals surface area (Å²) in [6.07, 6.45) is 4.19. The Morgan fingerprint density at radius 1 is 1.36 bits per heavy atom. The number of benzene rings is 1. The fourth-order valence-corrected chi connectivity index (χ4v) is 3.49. The zero-order valence-corrected chi connectivity index (χ0v) is 15.1. The Labute approximate surface area is 154 Å². The minimum Gasteiger partial charge on any atom is -0.810 e. The minimum atomic E-state index is 0.672. The predicted molar refractivity (Wildman–Crippen MR) is 107 cm³/mol. The second-order valence-corrected chi connectivity index (χ2v) is 6.57. The molecule has 2 aliphatic rings. The predicted octanol–water partition coefficient (Wildman–Crippen LogP) is 4.87. The quantitative estimate of drug-likeness (QED) is 0.698. The molecule has 0 N–H and O–H groups in total. The lowest BCUT2D eigenvalue weighted by Gasteiger charge is -2.28. The van der Waals surface area contributed by atoms with Gasteiger partial charge in [-0.1, -0.05) is 48.5 Å². The van der Waals surface area contributed by atoms with Gasteiger partial charge in [-0.05, 0) is 47.3 Å². The molecule has 0 fully saturated rings. The van der Waals surface area contributed by atoms with Gasteiger partial charge in [0.15, 0.2) is 0 Å². The summed E-state index contributed by atoms with van der Waals surface area (Å²) in [6, 6.07) is 10.5. The van der Waals surface area contributed by atoms with Gasteiger partial charge in [0.1, 0.15) is 0 Å². The summed E-state index contributed by atoms with van der Waals surface area (Å²) in [7, 11) is 0. The molecule has 0 aromatic heterocycles. The van der Waals surface area contributed by atoms with Crippen LogP contribution >= 0.6 is 11.6 Å². The minimum absolute atomic E-state index is 0.672. The maximum absolute atomic E-state index is 9.36. The molecule has 0 bridgehead atoms. The first-order valence-electron chi connectivity index (χ1n) is 8.35. The summed E-state index contributed by atoms with van der Waals surface area (Å²) in [5.41, 5.74) is 8.41. The first-order chi connectivity index (χ1) is 12.1. The lowest BCUT2D eigenvalue weighted by Crippen LogP contribution is -2.30. The van der Waals surface area contributed by atoms with Crippen molar-refractivity contribution in [2.45, 2.75) is 19.9 Å². The van der Waals surface area contributed by atoms with E-state index in [1.807, 2.05) is 13.0 Å². The van der Waals surface area contributed by atoms with Crippen molar-refractivity contribution in [2.24, 2.45) is 4.99 Å². The van der Waals surface area contributed by atoms with Crippen LogP contribution in [0.1, 0.15) is 18.9 Å². The normalized spacial score (nSPS) is 19.1. The molecule has 25 heavy (non-hydrogen) atoms. The molecule has 1 aromatic rings. The Bertz CT molecular complexity index is 813. The first-order valence-corrected chi connectivity index (χ1v) is 8.78. The fraction of sp³-hybridized carbons (Fsp3) is 0.238. The summed E-state index contributed by atoms with van der Waals surface area (Å²) < 4.78 is 0. The second kappa shape index (κ2) is 7.77. The van der Waals surface area contributed by atoms with Crippen LogP contribution in [0.5, 0.6) is 0 Å². The van der Waals surface area contributed by atoms with Gasteiger partial charge in [0, 0.05) is 25.2 Å². The molecule has 0 amide bonds. The first kappa shape index (κ1) is 17.6. The summed E-state index contributed by atoms with van der Waals surface area (Å²) in [4.78, 5) is 6.67. The topological polar surface area (TPSA) is 37.9 Å². The molecule has 1 aliphatic carbocycles. The third-order valence-corrected chi connectivity index (χ3v) is 4.82. The lowest BCUT2D eigenvalue weighted by atomic mass is 9.97. The Balaban J connectivity index is 1.79. The van der Waals surface area contributed by atoms with Crippen LogP contribution in [-0.2, 0) is 6.54 Å². The molecule has 1 aromatic carbocycles. The number of hydrogen-bond donors (Lipinski definition) is 0. The second-order valence-electron chi connectivity index (χ2n) is 6.37. The smallest absolute Gasteiger partial charge is 0.0934 e. The highest BCUT2D eigenvalue weighted by atomic mass is 35.5. The van der Waals surface area contributed by atoms with E-state index in [-0.39, 0.29) is 0 Å². The largest absolute Gasteiger partial charge is 0.810 e. The maximum Gasteiger partial charge on any atom is 0.0934 e. The van der Waals surface area contributed by atoms with Crippen molar-refractivity contribution in [2.75, 3.05) is 13.1 Å². The van der Waals surface area contributed by atoms with Crippen LogP contribution < -0.4 is 0 Å². The van der Waals surface area contributed by atoms with Crippen molar-refractivity contribution in [3.05, 3.63) is 87.5 Å². The van der Waals surface area contributed by atoms with Crippen LogP contribution in [-0.4, -0.2) is 29.9 Å². The number of aliphatic imine (C=N–C) groups is 1. The van der Waals surface area contributed by atoms with Crippen LogP contribution in [0.2, 0.25) is 0 Å². The third-order valence-electron chi connectivity index (χ3n) is 4.72. The molecular weight excluding hydrogens is 330 g/mol. The van der Waals surface area contributed by atoms with Crippen LogP contribution in [0.25, 0.3) is 5.41 Å². The standard InChI is InChI=1S/C21H21ClN3/c1-15(11-23)21(24-14-22)19-10-18-8-9-25(13-20(18)16(19)2)12-17-6-4-3-5-7-17/h3-7,10-11,14H,2,8-9,12-13H2,1H3/q-1/b21-15-,24-14?. The number of halogens is 1. The molecule has 4 heteroatoms.